The average Bonchev–Trinajstić information content (AvgIpc) is 2.37. The van der Waals surface area contributed by atoms with Gasteiger partial charge in [-0.2, -0.15) is 0 Å². The van der Waals surface area contributed by atoms with Gasteiger partial charge in [0, 0.05) is 12.1 Å². The molecule has 0 aliphatic heterocycles. The zero-order valence-electron chi connectivity index (χ0n) is 10.9. The lowest BCUT2D eigenvalue weighted by atomic mass is 10.1. The highest BCUT2D eigenvalue weighted by molar-refractivity contribution is 6.21. The van der Waals surface area contributed by atoms with Crippen LogP contribution in [0.15, 0.2) is 18.2 Å². The first-order valence-corrected chi connectivity index (χ1v) is 6.83. The summed E-state index contributed by atoms with van der Waals surface area (Å²) in [6.07, 6.45) is 2.20. The summed E-state index contributed by atoms with van der Waals surface area (Å²) in [6.45, 7) is 6.51. The zero-order chi connectivity index (χ0) is 13.5. The third-order valence-electron chi connectivity index (χ3n) is 2.99. The minimum Gasteiger partial charge on any atom is -0.302 e. The van der Waals surface area contributed by atoms with Gasteiger partial charge < -0.3 is 4.90 Å². The second kappa shape index (κ2) is 7.70. The molecular formula is C14H20ClF2N. The molecule has 1 rings (SSSR count). The summed E-state index contributed by atoms with van der Waals surface area (Å²) < 4.78 is 26.6. The fraction of sp³-hybridized carbons (Fsp3) is 0.571. The van der Waals surface area contributed by atoms with Crippen molar-refractivity contribution in [1.29, 1.82) is 0 Å². The van der Waals surface area contributed by atoms with E-state index in [-0.39, 0.29) is 5.56 Å². The Hall–Kier alpha value is -0.670. The maximum Gasteiger partial charge on any atom is 0.128 e. The van der Waals surface area contributed by atoms with Gasteiger partial charge in [-0.1, -0.05) is 20.3 Å². The number of unbranched alkanes of at least 4 members (excludes halogenated alkanes) is 1. The Balaban J connectivity index is 2.67. The first-order chi connectivity index (χ1) is 8.58. The van der Waals surface area contributed by atoms with E-state index in [1.165, 1.54) is 6.07 Å². The lowest BCUT2D eigenvalue weighted by Crippen LogP contribution is -2.28. The lowest BCUT2D eigenvalue weighted by molar-refractivity contribution is 0.282. The van der Waals surface area contributed by atoms with Gasteiger partial charge in [0.2, 0.25) is 0 Å². The van der Waals surface area contributed by atoms with E-state index in [0.717, 1.165) is 38.1 Å². The number of halogens is 3. The normalized spacial score (nSPS) is 13.0. The second-order valence-electron chi connectivity index (χ2n) is 4.38. The maximum absolute atomic E-state index is 13.6. The highest BCUT2D eigenvalue weighted by atomic mass is 35.5. The quantitative estimate of drug-likeness (QED) is 0.668. The van der Waals surface area contributed by atoms with Crippen molar-refractivity contribution in [3.63, 3.8) is 0 Å². The van der Waals surface area contributed by atoms with Crippen molar-refractivity contribution in [2.45, 2.75) is 32.1 Å². The lowest BCUT2D eigenvalue weighted by Gasteiger charge is -2.23. The van der Waals surface area contributed by atoms with Crippen molar-refractivity contribution in [3.8, 4) is 0 Å². The molecule has 1 unspecified atom stereocenters. The van der Waals surface area contributed by atoms with Crippen LogP contribution in [0.25, 0.3) is 0 Å². The monoisotopic (exact) mass is 275 g/mol. The summed E-state index contributed by atoms with van der Waals surface area (Å²) in [6, 6.07) is 3.42. The topological polar surface area (TPSA) is 3.24 Å². The largest absolute Gasteiger partial charge is 0.302 e. The van der Waals surface area contributed by atoms with Crippen molar-refractivity contribution in [3.05, 3.63) is 35.4 Å². The van der Waals surface area contributed by atoms with E-state index in [1.54, 1.807) is 0 Å². The fourth-order valence-corrected chi connectivity index (χ4v) is 2.20. The number of nitrogens with zero attached hydrogens (tertiary/aromatic N) is 1. The molecule has 0 heterocycles. The molecule has 1 nitrogen and oxygen atoms in total. The standard InChI is InChI=1S/C14H20ClF2N/c1-3-5-8-18(4-2)10-13(15)12-9-11(16)6-7-14(12)17/h6-7,9,13H,3-5,8,10H2,1-2H3. The van der Waals surface area contributed by atoms with Crippen LogP contribution >= 0.6 is 11.6 Å². The molecule has 1 aromatic carbocycles. The molecule has 102 valence electrons. The average molecular weight is 276 g/mol. The molecule has 0 saturated carbocycles. The number of hydrogen-bond donors (Lipinski definition) is 0. The van der Waals surface area contributed by atoms with Gasteiger partial charge >= 0.3 is 0 Å². The predicted molar refractivity (Wildman–Crippen MR) is 72.0 cm³/mol. The van der Waals surface area contributed by atoms with Crippen LogP contribution in [0.4, 0.5) is 8.78 Å². The van der Waals surface area contributed by atoms with Crippen LogP contribution in [0.2, 0.25) is 0 Å². The van der Waals surface area contributed by atoms with Crippen LogP contribution in [-0.2, 0) is 0 Å². The van der Waals surface area contributed by atoms with Crippen molar-refractivity contribution in [2.24, 2.45) is 0 Å². The number of rotatable bonds is 7. The van der Waals surface area contributed by atoms with Gasteiger partial charge in [-0.25, -0.2) is 8.78 Å². The van der Waals surface area contributed by atoms with Gasteiger partial charge in [-0.15, -0.1) is 11.6 Å². The Morgan fingerprint density at radius 2 is 2.00 bits per heavy atom. The van der Waals surface area contributed by atoms with Crippen LogP contribution in [0.1, 0.15) is 37.6 Å². The van der Waals surface area contributed by atoms with E-state index in [1.807, 2.05) is 6.92 Å². The number of alkyl halides is 1. The number of benzene rings is 1. The van der Waals surface area contributed by atoms with E-state index < -0.39 is 17.0 Å². The number of likely N-dealkylation sites (N-methyl/N-ethyl adjacent to an activating group) is 1. The Bertz CT molecular complexity index is 371. The Kier molecular flexibility index (Phi) is 6.58. The molecule has 0 aromatic heterocycles. The van der Waals surface area contributed by atoms with Gasteiger partial charge in [-0.3, -0.25) is 0 Å². The van der Waals surface area contributed by atoms with E-state index in [2.05, 4.69) is 11.8 Å². The fourth-order valence-electron chi connectivity index (χ4n) is 1.84. The summed E-state index contributed by atoms with van der Waals surface area (Å²) in [5.41, 5.74) is 0.242. The minimum absolute atomic E-state index is 0.242. The highest BCUT2D eigenvalue weighted by Crippen LogP contribution is 2.25. The smallest absolute Gasteiger partial charge is 0.128 e. The molecule has 1 atom stereocenters. The van der Waals surface area contributed by atoms with E-state index >= 15 is 0 Å². The van der Waals surface area contributed by atoms with Crippen molar-refractivity contribution >= 4 is 11.6 Å². The second-order valence-corrected chi connectivity index (χ2v) is 4.91. The third kappa shape index (κ3) is 4.54. The van der Waals surface area contributed by atoms with Crippen LogP contribution in [0, 0.1) is 11.6 Å². The van der Waals surface area contributed by atoms with Crippen LogP contribution in [0.3, 0.4) is 0 Å². The highest BCUT2D eigenvalue weighted by Gasteiger charge is 2.16. The molecule has 0 aliphatic rings. The molecule has 4 heteroatoms. The predicted octanol–water partition coefficient (Wildman–Crippen LogP) is 4.37. The summed E-state index contributed by atoms with van der Waals surface area (Å²) in [5, 5.41) is -0.516. The molecule has 18 heavy (non-hydrogen) atoms. The van der Waals surface area contributed by atoms with E-state index in [9.17, 15) is 8.78 Å². The van der Waals surface area contributed by atoms with Crippen LogP contribution in [-0.4, -0.2) is 24.5 Å². The van der Waals surface area contributed by atoms with Crippen LogP contribution < -0.4 is 0 Å². The van der Waals surface area contributed by atoms with Crippen LogP contribution in [0.5, 0.6) is 0 Å². The minimum atomic E-state index is -0.516. The van der Waals surface area contributed by atoms with Gasteiger partial charge in [-0.05, 0) is 37.7 Å². The molecule has 0 spiro atoms. The molecule has 1 aromatic rings. The van der Waals surface area contributed by atoms with E-state index in [4.69, 9.17) is 11.6 Å². The molecule has 0 fully saturated rings. The van der Waals surface area contributed by atoms with Crippen molar-refractivity contribution in [2.75, 3.05) is 19.6 Å². The summed E-state index contributed by atoms with van der Waals surface area (Å²) >= 11 is 6.19. The number of hydrogen-bond acceptors (Lipinski definition) is 1. The molecule has 0 N–H and O–H groups in total. The van der Waals surface area contributed by atoms with Crippen molar-refractivity contribution < 1.29 is 8.78 Å². The molecule has 0 bridgehead atoms. The zero-order valence-corrected chi connectivity index (χ0v) is 11.7. The maximum atomic E-state index is 13.6. The van der Waals surface area contributed by atoms with Gasteiger partial charge in [0.15, 0.2) is 0 Å². The third-order valence-corrected chi connectivity index (χ3v) is 3.36. The summed E-state index contributed by atoms with van der Waals surface area (Å²) in [4.78, 5) is 2.16. The SMILES string of the molecule is CCCCN(CC)CC(Cl)c1cc(F)ccc1F. The summed E-state index contributed by atoms with van der Waals surface area (Å²) in [5.74, 6) is -0.892. The van der Waals surface area contributed by atoms with Gasteiger partial charge in [0.05, 0.1) is 5.38 Å². The molecule has 0 aliphatic carbocycles. The first kappa shape index (κ1) is 15.4. The van der Waals surface area contributed by atoms with Crippen molar-refractivity contribution in [1.82, 2.24) is 4.90 Å². The molecule has 0 saturated heterocycles. The first-order valence-electron chi connectivity index (χ1n) is 6.39. The Morgan fingerprint density at radius 1 is 1.28 bits per heavy atom. The van der Waals surface area contributed by atoms with Gasteiger partial charge in [0.1, 0.15) is 11.6 Å². The Labute approximate surface area is 113 Å². The summed E-state index contributed by atoms with van der Waals surface area (Å²) in [7, 11) is 0. The molecule has 0 amide bonds. The van der Waals surface area contributed by atoms with E-state index in [0.29, 0.717) is 6.54 Å². The Morgan fingerprint density at radius 3 is 2.61 bits per heavy atom. The molecular weight excluding hydrogens is 256 g/mol. The van der Waals surface area contributed by atoms with Gasteiger partial charge in [0.25, 0.3) is 0 Å². The molecule has 0 radical (unpaired) electrons.